The van der Waals surface area contributed by atoms with Crippen LogP contribution in [0.2, 0.25) is 0 Å². The fourth-order valence-electron chi connectivity index (χ4n) is 2.22. The van der Waals surface area contributed by atoms with Crippen LogP contribution >= 0.6 is 11.3 Å². The van der Waals surface area contributed by atoms with Gasteiger partial charge < -0.3 is 5.32 Å². The SMILES string of the molecule is Cc1ccc(C#N)cc1NC(C)c1nc2ccccc2s1. The van der Waals surface area contributed by atoms with Crippen LogP contribution in [0.3, 0.4) is 0 Å². The van der Waals surface area contributed by atoms with Crippen LogP contribution in [-0.4, -0.2) is 4.98 Å². The maximum absolute atomic E-state index is 9.01. The quantitative estimate of drug-likeness (QED) is 0.764. The molecule has 1 N–H and O–H groups in total. The van der Waals surface area contributed by atoms with Gasteiger partial charge in [-0.3, -0.25) is 0 Å². The molecule has 0 aliphatic rings. The molecule has 0 aliphatic heterocycles. The minimum Gasteiger partial charge on any atom is -0.376 e. The van der Waals surface area contributed by atoms with Crippen LogP contribution in [0.25, 0.3) is 10.2 Å². The molecule has 2 aromatic carbocycles. The van der Waals surface area contributed by atoms with E-state index in [1.807, 2.05) is 43.3 Å². The molecule has 0 spiro atoms. The van der Waals surface area contributed by atoms with Crippen molar-refractivity contribution in [3.8, 4) is 6.07 Å². The van der Waals surface area contributed by atoms with Crippen molar-refractivity contribution in [1.29, 1.82) is 5.26 Å². The van der Waals surface area contributed by atoms with E-state index in [9.17, 15) is 0 Å². The molecule has 0 saturated heterocycles. The van der Waals surface area contributed by atoms with Crippen LogP contribution in [-0.2, 0) is 0 Å². The van der Waals surface area contributed by atoms with E-state index in [2.05, 4.69) is 29.4 Å². The van der Waals surface area contributed by atoms with Gasteiger partial charge in [0, 0.05) is 5.69 Å². The lowest BCUT2D eigenvalue weighted by molar-refractivity contribution is 0.872. The van der Waals surface area contributed by atoms with E-state index in [4.69, 9.17) is 5.26 Å². The Hall–Kier alpha value is -2.38. The van der Waals surface area contributed by atoms with Crippen molar-refractivity contribution < 1.29 is 0 Å². The van der Waals surface area contributed by atoms with E-state index in [-0.39, 0.29) is 6.04 Å². The molecule has 0 radical (unpaired) electrons. The second-order valence-electron chi connectivity index (χ2n) is 5.03. The molecule has 0 saturated carbocycles. The first kappa shape index (κ1) is 13.6. The molecule has 1 heterocycles. The first-order valence-electron chi connectivity index (χ1n) is 6.80. The van der Waals surface area contributed by atoms with Crippen molar-refractivity contribution in [3.63, 3.8) is 0 Å². The Labute approximate surface area is 127 Å². The lowest BCUT2D eigenvalue weighted by atomic mass is 10.1. The van der Waals surface area contributed by atoms with Crippen LogP contribution < -0.4 is 5.32 Å². The highest BCUT2D eigenvalue weighted by atomic mass is 32.1. The zero-order valence-electron chi connectivity index (χ0n) is 11.9. The molecular formula is C17H15N3S. The van der Waals surface area contributed by atoms with E-state index in [0.717, 1.165) is 21.8 Å². The van der Waals surface area contributed by atoms with Gasteiger partial charge in [-0.25, -0.2) is 4.98 Å². The number of para-hydroxylation sites is 1. The van der Waals surface area contributed by atoms with Gasteiger partial charge in [-0.2, -0.15) is 5.26 Å². The highest BCUT2D eigenvalue weighted by molar-refractivity contribution is 7.18. The number of nitriles is 1. The minimum atomic E-state index is 0.107. The molecule has 0 bridgehead atoms. The van der Waals surface area contributed by atoms with E-state index in [1.165, 1.54) is 4.70 Å². The molecule has 0 fully saturated rings. The molecular weight excluding hydrogens is 278 g/mol. The van der Waals surface area contributed by atoms with Crippen LogP contribution in [0.5, 0.6) is 0 Å². The Morgan fingerprint density at radius 2 is 2.05 bits per heavy atom. The molecule has 3 aromatic rings. The van der Waals surface area contributed by atoms with Gasteiger partial charge in [-0.15, -0.1) is 11.3 Å². The maximum Gasteiger partial charge on any atom is 0.116 e. The van der Waals surface area contributed by atoms with Gasteiger partial charge in [0.2, 0.25) is 0 Å². The number of fused-ring (bicyclic) bond motifs is 1. The molecule has 104 valence electrons. The zero-order chi connectivity index (χ0) is 14.8. The number of benzene rings is 2. The van der Waals surface area contributed by atoms with E-state index in [0.29, 0.717) is 5.56 Å². The van der Waals surface area contributed by atoms with Crippen molar-refractivity contribution in [2.24, 2.45) is 0 Å². The molecule has 0 aliphatic carbocycles. The van der Waals surface area contributed by atoms with Gasteiger partial charge in [0.25, 0.3) is 0 Å². The third-order valence-electron chi connectivity index (χ3n) is 3.42. The van der Waals surface area contributed by atoms with E-state index >= 15 is 0 Å². The summed E-state index contributed by atoms with van der Waals surface area (Å²) < 4.78 is 1.20. The van der Waals surface area contributed by atoms with E-state index in [1.54, 1.807) is 11.3 Å². The summed E-state index contributed by atoms with van der Waals surface area (Å²) in [6.45, 7) is 4.13. The summed E-state index contributed by atoms with van der Waals surface area (Å²) in [4.78, 5) is 4.67. The summed E-state index contributed by atoms with van der Waals surface area (Å²) in [6, 6.07) is 16.1. The molecule has 0 amide bonds. The third-order valence-corrected chi connectivity index (χ3v) is 4.64. The topological polar surface area (TPSA) is 48.7 Å². The lowest BCUT2D eigenvalue weighted by Gasteiger charge is -2.15. The predicted octanol–water partition coefficient (Wildman–Crippen LogP) is 4.65. The molecule has 1 atom stereocenters. The average molecular weight is 293 g/mol. The van der Waals surface area contributed by atoms with Gasteiger partial charge in [-0.1, -0.05) is 18.2 Å². The van der Waals surface area contributed by atoms with Crippen molar-refractivity contribution >= 4 is 27.2 Å². The number of nitrogens with zero attached hydrogens (tertiary/aromatic N) is 2. The monoisotopic (exact) mass is 293 g/mol. The summed E-state index contributed by atoms with van der Waals surface area (Å²) in [5.74, 6) is 0. The van der Waals surface area contributed by atoms with Crippen molar-refractivity contribution in [3.05, 3.63) is 58.6 Å². The van der Waals surface area contributed by atoms with Crippen molar-refractivity contribution in [2.75, 3.05) is 5.32 Å². The first-order chi connectivity index (χ1) is 10.2. The zero-order valence-corrected chi connectivity index (χ0v) is 12.7. The lowest BCUT2D eigenvalue weighted by Crippen LogP contribution is -2.07. The predicted molar refractivity (Wildman–Crippen MR) is 87.6 cm³/mol. The smallest absolute Gasteiger partial charge is 0.116 e. The van der Waals surface area contributed by atoms with Gasteiger partial charge in [-0.05, 0) is 43.7 Å². The summed E-state index contributed by atoms with van der Waals surface area (Å²) in [6.07, 6.45) is 0. The van der Waals surface area contributed by atoms with Crippen molar-refractivity contribution in [2.45, 2.75) is 19.9 Å². The molecule has 3 nitrogen and oxygen atoms in total. The standard InChI is InChI=1S/C17H15N3S/c1-11-7-8-13(10-18)9-15(11)19-12(2)17-20-14-5-3-4-6-16(14)21-17/h3-9,12,19H,1-2H3. The number of rotatable bonds is 3. The fraction of sp³-hybridized carbons (Fsp3) is 0.176. The minimum absolute atomic E-state index is 0.107. The summed E-state index contributed by atoms with van der Waals surface area (Å²) >= 11 is 1.70. The summed E-state index contributed by atoms with van der Waals surface area (Å²) in [5, 5.41) is 13.5. The summed E-state index contributed by atoms with van der Waals surface area (Å²) in [7, 11) is 0. The number of anilines is 1. The van der Waals surface area contributed by atoms with Gasteiger partial charge in [0.05, 0.1) is 27.9 Å². The Morgan fingerprint density at radius 3 is 2.81 bits per heavy atom. The normalized spacial score (nSPS) is 12.0. The van der Waals surface area contributed by atoms with Gasteiger partial charge in [0.1, 0.15) is 5.01 Å². The van der Waals surface area contributed by atoms with E-state index < -0.39 is 0 Å². The molecule has 1 unspecified atom stereocenters. The fourth-order valence-corrected chi connectivity index (χ4v) is 3.19. The van der Waals surface area contributed by atoms with Crippen LogP contribution in [0.4, 0.5) is 5.69 Å². The maximum atomic E-state index is 9.01. The first-order valence-corrected chi connectivity index (χ1v) is 7.62. The van der Waals surface area contributed by atoms with Gasteiger partial charge in [0.15, 0.2) is 0 Å². The number of hydrogen-bond donors (Lipinski definition) is 1. The molecule has 21 heavy (non-hydrogen) atoms. The number of aryl methyl sites for hydroxylation is 1. The number of thiazole rings is 1. The number of nitrogens with one attached hydrogen (secondary N) is 1. The molecule has 3 rings (SSSR count). The highest BCUT2D eigenvalue weighted by Crippen LogP contribution is 2.29. The van der Waals surface area contributed by atoms with Crippen LogP contribution in [0.15, 0.2) is 42.5 Å². The Bertz CT molecular complexity index is 796. The molecule has 4 heteroatoms. The van der Waals surface area contributed by atoms with Gasteiger partial charge >= 0.3 is 0 Å². The third kappa shape index (κ3) is 2.74. The second kappa shape index (κ2) is 5.55. The highest BCUT2D eigenvalue weighted by Gasteiger charge is 2.12. The number of aromatic nitrogens is 1. The summed E-state index contributed by atoms with van der Waals surface area (Å²) in [5.41, 5.74) is 3.82. The average Bonchev–Trinajstić information content (AvgIpc) is 2.93. The Kier molecular flexibility index (Phi) is 3.59. The number of hydrogen-bond acceptors (Lipinski definition) is 4. The van der Waals surface area contributed by atoms with Crippen LogP contribution in [0, 0.1) is 18.3 Å². The Balaban J connectivity index is 1.89. The second-order valence-corrected chi connectivity index (χ2v) is 6.09. The molecule has 1 aromatic heterocycles. The van der Waals surface area contributed by atoms with Crippen molar-refractivity contribution in [1.82, 2.24) is 4.98 Å². The van der Waals surface area contributed by atoms with Crippen LogP contribution in [0.1, 0.15) is 29.1 Å². The Morgan fingerprint density at radius 1 is 1.24 bits per heavy atom. The largest absolute Gasteiger partial charge is 0.376 e.